The van der Waals surface area contributed by atoms with E-state index < -0.39 is 6.10 Å². The van der Waals surface area contributed by atoms with Crippen molar-refractivity contribution in [2.45, 2.75) is 45.3 Å². The molecule has 2 N–H and O–H groups in total. The molecule has 1 amide bonds. The first-order valence-electron chi connectivity index (χ1n) is 7.27. The van der Waals surface area contributed by atoms with Gasteiger partial charge >= 0.3 is 0 Å². The van der Waals surface area contributed by atoms with E-state index in [-0.39, 0.29) is 11.9 Å². The summed E-state index contributed by atoms with van der Waals surface area (Å²) in [5, 5.41) is 13.0. The first-order valence-corrected chi connectivity index (χ1v) is 7.27. The van der Waals surface area contributed by atoms with Gasteiger partial charge in [-0.1, -0.05) is 35.9 Å². The minimum absolute atomic E-state index is 0.103. The summed E-state index contributed by atoms with van der Waals surface area (Å²) in [7, 11) is 0. The molecule has 1 fully saturated rings. The number of amides is 1. The van der Waals surface area contributed by atoms with E-state index in [9.17, 15) is 9.90 Å². The van der Waals surface area contributed by atoms with E-state index in [1.807, 2.05) is 44.2 Å². The number of carbonyl (C=O) groups excluding carboxylic acids is 1. The highest BCUT2D eigenvalue weighted by molar-refractivity contribution is 5.88. The van der Waals surface area contributed by atoms with Crippen LogP contribution < -0.4 is 5.32 Å². The first-order chi connectivity index (χ1) is 9.56. The van der Waals surface area contributed by atoms with Gasteiger partial charge in [-0.15, -0.1) is 0 Å². The molecular weight excluding hydrogens is 250 g/mol. The van der Waals surface area contributed by atoms with Crippen molar-refractivity contribution in [1.82, 2.24) is 5.32 Å². The minimum atomic E-state index is -0.573. The monoisotopic (exact) mass is 273 g/mol. The average molecular weight is 273 g/mol. The summed E-state index contributed by atoms with van der Waals surface area (Å²) in [4.78, 5) is 11.9. The Kier molecular flexibility index (Phi) is 4.96. The number of aliphatic hydroxyl groups excluding tert-OH is 1. The van der Waals surface area contributed by atoms with Crippen LogP contribution in [-0.4, -0.2) is 23.2 Å². The Balaban J connectivity index is 1.82. The van der Waals surface area contributed by atoms with Gasteiger partial charge in [-0.25, -0.2) is 0 Å². The van der Waals surface area contributed by atoms with Crippen LogP contribution in [0.5, 0.6) is 0 Å². The van der Waals surface area contributed by atoms with Crippen LogP contribution in [0.1, 0.15) is 32.3 Å². The third-order valence-corrected chi connectivity index (χ3v) is 3.81. The Morgan fingerprint density at radius 1 is 1.40 bits per heavy atom. The van der Waals surface area contributed by atoms with E-state index in [1.54, 1.807) is 6.08 Å². The van der Waals surface area contributed by atoms with Gasteiger partial charge < -0.3 is 10.4 Å². The molecule has 0 bridgehead atoms. The smallest absolute Gasteiger partial charge is 0.244 e. The zero-order valence-corrected chi connectivity index (χ0v) is 12.2. The van der Waals surface area contributed by atoms with E-state index in [2.05, 4.69) is 5.32 Å². The molecule has 3 heteroatoms. The van der Waals surface area contributed by atoms with E-state index in [0.717, 1.165) is 11.1 Å². The molecule has 1 aliphatic rings. The van der Waals surface area contributed by atoms with E-state index in [1.165, 1.54) is 12.8 Å². The summed E-state index contributed by atoms with van der Waals surface area (Å²) < 4.78 is 0. The Morgan fingerprint density at radius 3 is 2.65 bits per heavy atom. The van der Waals surface area contributed by atoms with Crippen LogP contribution in [-0.2, 0) is 11.2 Å². The molecular formula is C17H23NO2. The molecule has 2 rings (SSSR count). The second kappa shape index (κ2) is 6.71. The van der Waals surface area contributed by atoms with Crippen molar-refractivity contribution in [3.63, 3.8) is 0 Å². The molecule has 20 heavy (non-hydrogen) atoms. The van der Waals surface area contributed by atoms with Gasteiger partial charge in [-0.05, 0) is 38.2 Å². The van der Waals surface area contributed by atoms with Gasteiger partial charge in [0.1, 0.15) is 0 Å². The Morgan fingerprint density at radius 2 is 2.05 bits per heavy atom. The predicted molar refractivity (Wildman–Crippen MR) is 80.2 cm³/mol. The molecule has 2 atom stereocenters. The second-order valence-corrected chi connectivity index (χ2v) is 5.72. The molecule has 1 saturated carbocycles. The number of rotatable bonds is 6. The van der Waals surface area contributed by atoms with Crippen molar-refractivity contribution < 1.29 is 9.90 Å². The lowest BCUT2D eigenvalue weighted by atomic mass is 10.0. The third-order valence-electron chi connectivity index (χ3n) is 3.81. The maximum Gasteiger partial charge on any atom is 0.244 e. The fourth-order valence-corrected chi connectivity index (χ4v) is 2.26. The van der Waals surface area contributed by atoms with Gasteiger partial charge in [0.05, 0.1) is 12.1 Å². The molecule has 3 nitrogen and oxygen atoms in total. The van der Waals surface area contributed by atoms with Crippen molar-refractivity contribution >= 4 is 5.91 Å². The van der Waals surface area contributed by atoms with Crippen molar-refractivity contribution in [1.29, 1.82) is 0 Å². The lowest BCUT2D eigenvalue weighted by Crippen LogP contribution is -2.41. The van der Waals surface area contributed by atoms with Crippen LogP contribution in [0.2, 0.25) is 0 Å². The van der Waals surface area contributed by atoms with Crippen molar-refractivity contribution in [3.8, 4) is 0 Å². The van der Waals surface area contributed by atoms with Crippen molar-refractivity contribution in [3.05, 3.63) is 47.5 Å². The highest BCUT2D eigenvalue weighted by Crippen LogP contribution is 2.35. The van der Waals surface area contributed by atoms with Gasteiger partial charge in [0.25, 0.3) is 0 Å². The zero-order valence-electron chi connectivity index (χ0n) is 12.2. The van der Waals surface area contributed by atoms with Crippen molar-refractivity contribution in [2.24, 2.45) is 5.92 Å². The van der Waals surface area contributed by atoms with Crippen molar-refractivity contribution in [2.75, 3.05) is 0 Å². The zero-order chi connectivity index (χ0) is 14.5. The number of hydrogen-bond donors (Lipinski definition) is 2. The predicted octanol–water partition coefficient (Wildman–Crippen LogP) is 2.45. The van der Waals surface area contributed by atoms with Crippen LogP contribution in [0.3, 0.4) is 0 Å². The van der Waals surface area contributed by atoms with Gasteiger partial charge in [0.2, 0.25) is 5.91 Å². The van der Waals surface area contributed by atoms with Gasteiger partial charge in [0, 0.05) is 12.5 Å². The average Bonchev–Trinajstić information content (AvgIpc) is 3.23. The molecule has 0 radical (unpaired) electrons. The molecule has 108 valence electrons. The minimum Gasteiger partial charge on any atom is -0.391 e. The molecule has 1 aromatic rings. The molecule has 0 aliphatic heterocycles. The molecule has 0 aromatic heterocycles. The maximum atomic E-state index is 11.9. The van der Waals surface area contributed by atoms with E-state index >= 15 is 0 Å². The molecule has 2 unspecified atom stereocenters. The summed E-state index contributed by atoms with van der Waals surface area (Å²) in [6.45, 7) is 3.84. The summed E-state index contributed by atoms with van der Waals surface area (Å²) in [6, 6.07) is 9.56. The molecule has 0 saturated heterocycles. The summed E-state index contributed by atoms with van der Waals surface area (Å²) in [5.74, 6) is 0.499. The number of carbonyl (C=O) groups is 1. The molecule has 1 aromatic carbocycles. The number of benzene rings is 1. The standard InChI is InChI=1S/C17H23NO2/c1-12(15-8-9-15)10-17(20)18-13(2)16(19)11-14-6-4-3-5-7-14/h3-7,10,13,15-16,19H,8-9,11H2,1-2H3,(H,18,20)/b12-10-. The third kappa shape index (κ3) is 4.49. The number of hydrogen-bond acceptors (Lipinski definition) is 2. The topological polar surface area (TPSA) is 49.3 Å². The van der Waals surface area contributed by atoms with E-state index in [4.69, 9.17) is 0 Å². The van der Waals surface area contributed by atoms with Crippen LogP contribution in [0.25, 0.3) is 0 Å². The largest absolute Gasteiger partial charge is 0.391 e. The first kappa shape index (κ1) is 14.8. The van der Waals surface area contributed by atoms with Crippen LogP contribution >= 0.6 is 0 Å². The SMILES string of the molecule is C/C(=C/C(=O)NC(C)C(O)Cc1ccccc1)C1CC1. The number of aliphatic hydroxyl groups is 1. The summed E-state index contributed by atoms with van der Waals surface area (Å²) >= 11 is 0. The Hall–Kier alpha value is -1.61. The fraction of sp³-hybridized carbons (Fsp3) is 0.471. The fourth-order valence-electron chi connectivity index (χ4n) is 2.26. The Bertz CT molecular complexity index is 477. The number of allylic oxidation sites excluding steroid dienone is 1. The highest BCUT2D eigenvalue weighted by atomic mass is 16.3. The quantitative estimate of drug-likeness (QED) is 0.782. The molecule has 0 heterocycles. The lowest BCUT2D eigenvalue weighted by molar-refractivity contribution is -0.117. The Labute approximate surface area is 120 Å². The van der Waals surface area contributed by atoms with Gasteiger partial charge in [-0.2, -0.15) is 0 Å². The molecule has 0 spiro atoms. The number of nitrogens with one attached hydrogen (secondary N) is 1. The maximum absolute atomic E-state index is 11.9. The lowest BCUT2D eigenvalue weighted by Gasteiger charge is -2.19. The molecule has 1 aliphatic carbocycles. The second-order valence-electron chi connectivity index (χ2n) is 5.72. The van der Waals surface area contributed by atoms with E-state index in [0.29, 0.717) is 12.3 Å². The normalized spacial score (nSPS) is 18.4. The summed E-state index contributed by atoms with van der Waals surface area (Å²) in [6.07, 6.45) is 4.04. The highest BCUT2D eigenvalue weighted by Gasteiger charge is 2.24. The van der Waals surface area contributed by atoms with Gasteiger partial charge in [-0.3, -0.25) is 4.79 Å². The summed E-state index contributed by atoms with van der Waals surface area (Å²) in [5.41, 5.74) is 2.22. The van der Waals surface area contributed by atoms with Crippen LogP contribution in [0.4, 0.5) is 0 Å². The van der Waals surface area contributed by atoms with Crippen LogP contribution in [0, 0.1) is 5.92 Å². The van der Waals surface area contributed by atoms with Gasteiger partial charge in [0.15, 0.2) is 0 Å². The van der Waals surface area contributed by atoms with Crippen LogP contribution in [0.15, 0.2) is 42.0 Å².